The molecule has 1 aliphatic heterocycles. The maximum Gasteiger partial charge on any atom is 0.238 e. The summed E-state index contributed by atoms with van der Waals surface area (Å²) in [4.78, 5) is 14.5. The smallest absolute Gasteiger partial charge is 0.238 e. The van der Waals surface area contributed by atoms with Crippen molar-refractivity contribution in [3.63, 3.8) is 0 Å². The topological polar surface area (TPSA) is 50.2 Å². The molecule has 0 radical (unpaired) electrons. The van der Waals surface area contributed by atoms with E-state index in [9.17, 15) is 4.79 Å². The van der Waals surface area contributed by atoms with Gasteiger partial charge >= 0.3 is 0 Å². The second-order valence-electron chi connectivity index (χ2n) is 6.20. The Labute approximate surface area is 151 Å². The van der Waals surface area contributed by atoms with Gasteiger partial charge in [0.25, 0.3) is 0 Å². The van der Waals surface area contributed by atoms with Crippen molar-refractivity contribution >= 4 is 34.8 Å². The van der Waals surface area contributed by atoms with Crippen LogP contribution in [0.5, 0.6) is 0 Å². The van der Waals surface area contributed by atoms with E-state index in [1.165, 1.54) is 0 Å². The highest BCUT2D eigenvalue weighted by Gasteiger charge is 2.22. The highest BCUT2D eigenvalue weighted by molar-refractivity contribution is 6.35. The Bertz CT molecular complexity index is 800. The lowest BCUT2D eigenvalue weighted by atomic mass is 10.00. The zero-order valence-electron chi connectivity index (χ0n) is 14.0. The van der Waals surface area contributed by atoms with Crippen LogP contribution in [-0.2, 0) is 24.8 Å². The third-order valence-corrected chi connectivity index (χ3v) is 5.02. The molecule has 2 aromatic rings. The van der Waals surface area contributed by atoms with Gasteiger partial charge in [0.1, 0.15) is 0 Å². The molecule has 0 saturated carbocycles. The molecule has 0 fully saturated rings. The van der Waals surface area contributed by atoms with Crippen LogP contribution in [0.1, 0.15) is 22.5 Å². The van der Waals surface area contributed by atoms with E-state index in [2.05, 4.69) is 15.3 Å². The lowest BCUT2D eigenvalue weighted by molar-refractivity contribution is -0.117. The van der Waals surface area contributed by atoms with Crippen LogP contribution in [0.2, 0.25) is 10.0 Å². The van der Waals surface area contributed by atoms with Crippen LogP contribution in [0.4, 0.5) is 5.69 Å². The van der Waals surface area contributed by atoms with E-state index in [4.69, 9.17) is 23.2 Å². The Kier molecular flexibility index (Phi) is 4.85. The first kappa shape index (κ1) is 17.3. The Morgan fingerprint density at radius 1 is 1.33 bits per heavy atom. The SMILES string of the molecule is Cc1nn(C)c(C)c1NC(=O)CN1CCc2c(Cl)cc(Cl)cc2C1. The molecule has 1 aliphatic rings. The van der Waals surface area contributed by atoms with Crippen LogP contribution < -0.4 is 5.32 Å². The number of hydrogen-bond donors (Lipinski definition) is 1. The predicted octanol–water partition coefficient (Wildman–Crippen LogP) is 3.34. The van der Waals surface area contributed by atoms with Gasteiger partial charge in [-0.2, -0.15) is 5.10 Å². The molecule has 3 rings (SSSR count). The van der Waals surface area contributed by atoms with Crippen LogP contribution >= 0.6 is 23.2 Å². The number of hydrogen-bond acceptors (Lipinski definition) is 3. The van der Waals surface area contributed by atoms with Crippen LogP contribution in [0.25, 0.3) is 0 Å². The first-order chi connectivity index (χ1) is 11.3. The fraction of sp³-hybridized carbons (Fsp3) is 0.412. The van der Waals surface area contributed by atoms with E-state index in [1.807, 2.05) is 27.0 Å². The molecule has 24 heavy (non-hydrogen) atoms. The van der Waals surface area contributed by atoms with Crippen molar-refractivity contribution in [1.82, 2.24) is 14.7 Å². The van der Waals surface area contributed by atoms with Gasteiger partial charge in [-0.1, -0.05) is 23.2 Å². The number of halogens is 2. The average Bonchev–Trinajstić information content (AvgIpc) is 2.73. The molecule has 0 unspecified atom stereocenters. The zero-order valence-corrected chi connectivity index (χ0v) is 15.5. The molecular formula is C17H20Cl2N4O. The fourth-order valence-electron chi connectivity index (χ4n) is 3.14. The summed E-state index contributed by atoms with van der Waals surface area (Å²) >= 11 is 12.3. The normalized spacial score (nSPS) is 14.5. The summed E-state index contributed by atoms with van der Waals surface area (Å²) in [5, 5.41) is 8.64. The molecule has 0 bridgehead atoms. The highest BCUT2D eigenvalue weighted by Crippen LogP contribution is 2.29. The van der Waals surface area contributed by atoms with Crippen molar-refractivity contribution in [2.45, 2.75) is 26.8 Å². The summed E-state index contributed by atoms with van der Waals surface area (Å²) in [5.41, 5.74) is 4.80. The lowest BCUT2D eigenvalue weighted by Crippen LogP contribution is -2.37. The number of carbonyl (C=O) groups excluding carboxylic acids is 1. The number of rotatable bonds is 3. The lowest BCUT2D eigenvalue weighted by Gasteiger charge is -2.29. The summed E-state index contributed by atoms with van der Waals surface area (Å²) in [6.07, 6.45) is 0.823. The van der Waals surface area contributed by atoms with Crippen molar-refractivity contribution in [3.8, 4) is 0 Å². The molecule has 5 nitrogen and oxygen atoms in total. The third kappa shape index (κ3) is 3.43. The minimum absolute atomic E-state index is 0.0363. The number of fused-ring (bicyclic) bond motifs is 1. The average molecular weight is 367 g/mol. The van der Waals surface area contributed by atoms with Crippen molar-refractivity contribution in [2.24, 2.45) is 7.05 Å². The summed E-state index contributed by atoms with van der Waals surface area (Å²) in [6, 6.07) is 3.71. The van der Waals surface area contributed by atoms with Gasteiger partial charge in [0, 0.05) is 30.2 Å². The van der Waals surface area contributed by atoms with E-state index in [1.54, 1.807) is 10.7 Å². The molecule has 1 amide bonds. The van der Waals surface area contributed by atoms with Crippen molar-refractivity contribution in [2.75, 3.05) is 18.4 Å². The second-order valence-corrected chi connectivity index (χ2v) is 7.05. The number of amides is 1. The Morgan fingerprint density at radius 2 is 2.08 bits per heavy atom. The number of carbonyl (C=O) groups is 1. The molecule has 1 aromatic carbocycles. The third-order valence-electron chi connectivity index (χ3n) is 4.47. The highest BCUT2D eigenvalue weighted by atomic mass is 35.5. The van der Waals surface area contributed by atoms with E-state index in [0.717, 1.165) is 41.2 Å². The van der Waals surface area contributed by atoms with Gasteiger partial charge in [0.15, 0.2) is 0 Å². The number of nitrogens with one attached hydrogen (secondary N) is 1. The predicted molar refractivity (Wildman–Crippen MR) is 96.8 cm³/mol. The number of aryl methyl sites for hydroxylation is 2. The van der Waals surface area contributed by atoms with Gasteiger partial charge < -0.3 is 5.32 Å². The van der Waals surface area contributed by atoms with Crippen LogP contribution in [-0.4, -0.2) is 33.7 Å². The van der Waals surface area contributed by atoms with E-state index in [0.29, 0.717) is 23.1 Å². The first-order valence-corrected chi connectivity index (χ1v) is 8.60. The van der Waals surface area contributed by atoms with E-state index < -0.39 is 0 Å². The van der Waals surface area contributed by atoms with Gasteiger partial charge in [-0.3, -0.25) is 14.4 Å². The second kappa shape index (κ2) is 6.75. The molecule has 0 saturated heterocycles. The monoisotopic (exact) mass is 366 g/mol. The molecule has 0 spiro atoms. The minimum atomic E-state index is -0.0363. The number of anilines is 1. The largest absolute Gasteiger partial charge is 0.322 e. The molecule has 7 heteroatoms. The number of benzene rings is 1. The molecule has 0 aliphatic carbocycles. The summed E-state index contributed by atoms with van der Waals surface area (Å²) < 4.78 is 1.77. The van der Waals surface area contributed by atoms with E-state index in [-0.39, 0.29) is 5.91 Å². The Hall–Kier alpha value is -1.56. The summed E-state index contributed by atoms with van der Waals surface area (Å²) in [7, 11) is 1.87. The van der Waals surface area contributed by atoms with Crippen molar-refractivity contribution in [3.05, 3.63) is 44.7 Å². The fourth-order valence-corrected chi connectivity index (χ4v) is 3.77. The van der Waals surface area contributed by atoms with Crippen molar-refractivity contribution in [1.29, 1.82) is 0 Å². The maximum absolute atomic E-state index is 12.4. The minimum Gasteiger partial charge on any atom is -0.322 e. The molecule has 128 valence electrons. The molecule has 2 heterocycles. The maximum atomic E-state index is 12.4. The molecular weight excluding hydrogens is 347 g/mol. The summed E-state index contributed by atoms with van der Waals surface area (Å²) in [5.74, 6) is -0.0363. The standard InChI is InChI=1S/C17H20Cl2N4O/c1-10-17(11(2)22(3)21-10)20-16(24)9-23-5-4-14-12(8-23)6-13(18)7-15(14)19/h6-7H,4-5,8-9H2,1-3H3,(H,20,24). The Balaban J connectivity index is 1.67. The number of aromatic nitrogens is 2. The van der Waals surface area contributed by atoms with Gasteiger partial charge in [0.05, 0.1) is 23.6 Å². The van der Waals surface area contributed by atoms with E-state index >= 15 is 0 Å². The zero-order chi connectivity index (χ0) is 17.4. The van der Waals surface area contributed by atoms with Gasteiger partial charge in [-0.25, -0.2) is 0 Å². The van der Waals surface area contributed by atoms with Gasteiger partial charge in [0.2, 0.25) is 5.91 Å². The van der Waals surface area contributed by atoms with Crippen LogP contribution in [0.3, 0.4) is 0 Å². The molecule has 1 N–H and O–H groups in total. The van der Waals surface area contributed by atoms with Crippen LogP contribution in [0.15, 0.2) is 12.1 Å². The van der Waals surface area contributed by atoms with Gasteiger partial charge in [-0.15, -0.1) is 0 Å². The molecule has 0 atom stereocenters. The Morgan fingerprint density at radius 3 is 2.75 bits per heavy atom. The quantitative estimate of drug-likeness (QED) is 0.905. The number of nitrogens with zero attached hydrogens (tertiary/aromatic N) is 3. The van der Waals surface area contributed by atoms with Crippen LogP contribution in [0, 0.1) is 13.8 Å². The molecule has 1 aromatic heterocycles. The summed E-state index contributed by atoms with van der Waals surface area (Å²) in [6.45, 7) is 5.64. The van der Waals surface area contributed by atoms with Gasteiger partial charge in [-0.05, 0) is 43.5 Å². The van der Waals surface area contributed by atoms with Crippen molar-refractivity contribution < 1.29 is 4.79 Å². The first-order valence-electron chi connectivity index (χ1n) is 7.84.